The molecule has 2 aliphatic rings. The smallest absolute Gasteiger partial charge is 0.271 e. The van der Waals surface area contributed by atoms with Gasteiger partial charge in [0.15, 0.2) is 5.69 Å². The number of rotatable bonds is 25. The van der Waals surface area contributed by atoms with Crippen LogP contribution in [-0.4, -0.2) is 114 Å². The summed E-state index contributed by atoms with van der Waals surface area (Å²) in [6.45, 7) is 4.01. The zero-order valence-electron chi connectivity index (χ0n) is 40.3. The molecule has 7 rings (SSSR count). The number of pyridine rings is 1. The zero-order valence-corrected chi connectivity index (χ0v) is 41.8. The number of nitrogens with one attached hydrogen (secondary N) is 5. The average Bonchev–Trinajstić information content (AvgIpc) is 3.81. The van der Waals surface area contributed by atoms with E-state index in [0.717, 1.165) is 75.8 Å². The molecule has 2 aliphatic heterocycles. The molecule has 0 radical (unpaired) electrons. The molecule has 4 heterocycles. The zero-order chi connectivity index (χ0) is 50.7. The molecule has 17 nitrogen and oxygen atoms in total. The number of anilines is 3. The number of piperazine rings is 1. The van der Waals surface area contributed by atoms with E-state index in [0.29, 0.717) is 73.9 Å². The molecule has 5 aromatic rings. The molecule has 0 aliphatic carbocycles. The van der Waals surface area contributed by atoms with Gasteiger partial charge < -0.3 is 35.8 Å². The summed E-state index contributed by atoms with van der Waals surface area (Å²) in [7, 11) is 0. The van der Waals surface area contributed by atoms with E-state index in [1.165, 1.54) is 16.8 Å². The van der Waals surface area contributed by atoms with Crippen LogP contribution in [0.2, 0.25) is 10.0 Å². The van der Waals surface area contributed by atoms with Gasteiger partial charge in [0, 0.05) is 87.7 Å². The Morgan fingerprint density at radius 3 is 2.08 bits per heavy atom. The number of carbonyl (C=O) groups excluding carboxylic acids is 6. The van der Waals surface area contributed by atoms with Crippen LogP contribution in [0.3, 0.4) is 0 Å². The number of aromatic nitrogens is 3. The first-order chi connectivity index (χ1) is 35.0. The van der Waals surface area contributed by atoms with Crippen molar-refractivity contribution >= 4 is 75.8 Å². The summed E-state index contributed by atoms with van der Waals surface area (Å²) in [5, 5.41) is 19.1. The van der Waals surface area contributed by atoms with E-state index < -0.39 is 17.9 Å². The van der Waals surface area contributed by atoms with Crippen molar-refractivity contribution in [1.29, 1.82) is 0 Å². The highest BCUT2D eigenvalue weighted by atomic mass is 35.5. The fourth-order valence-electron chi connectivity index (χ4n) is 8.55. The van der Waals surface area contributed by atoms with Crippen molar-refractivity contribution in [3.63, 3.8) is 0 Å². The normalized spacial score (nSPS) is 14.7. The number of para-hydroxylation sites is 1. The second-order valence-corrected chi connectivity index (χ2v) is 18.6. The maximum atomic E-state index is 13.6. The third kappa shape index (κ3) is 15.6. The highest BCUT2D eigenvalue weighted by Crippen LogP contribution is 2.33. The van der Waals surface area contributed by atoms with Crippen LogP contribution < -0.4 is 31.5 Å². The summed E-state index contributed by atoms with van der Waals surface area (Å²) >= 11 is 12.9. The molecule has 1 unspecified atom stereocenters. The van der Waals surface area contributed by atoms with Gasteiger partial charge in [-0.05, 0) is 79.9 Å². The van der Waals surface area contributed by atoms with Gasteiger partial charge in [-0.15, -0.1) is 0 Å². The number of carbonyl (C=O) groups is 6. The molecular weight excluding hydrogens is 960 g/mol. The molecule has 0 saturated carbocycles. The Morgan fingerprint density at radius 2 is 1.39 bits per heavy atom. The quantitative estimate of drug-likeness (QED) is 0.0281. The number of ether oxygens (including phenoxy) is 1. The lowest BCUT2D eigenvalue weighted by atomic mass is 10.1. The van der Waals surface area contributed by atoms with Crippen LogP contribution in [0.1, 0.15) is 97.9 Å². The SMILES string of the molecule is O=C(CCCCCCCCCCC(=O)N1CCN(c2ccc(NC3CCC(=O)NC3=O)cc2)CC1)NCCOCCNC(=O)c1cc(NC(=O)c2cc(-c3ccccn3)c(Cl)cc2Cl)n(-c2ccccc2)n1. The van der Waals surface area contributed by atoms with Crippen molar-refractivity contribution in [3.05, 3.63) is 118 Å². The van der Waals surface area contributed by atoms with Gasteiger partial charge in [0.25, 0.3) is 11.8 Å². The standard InChI is InChI=1S/C53H62Cl2N10O7/c54-42-35-43(55)41(34-40(42)44-16-12-13-25-56-44)51(69)60-47-36-46(62-65(47)39-14-8-7-9-15-39)52(70)58-27-33-72-32-26-57-48(66)17-10-5-3-1-2-4-6-11-18-50(68)64-30-28-63(29-31-64)38-21-19-37(20-22-38)59-45-23-24-49(67)61-53(45)71/h7-9,12-16,19-22,25,34-36,45,59H,1-6,10-11,17-18,23-24,26-33H2,(H,57,66)(H,58,70)(H,60,69)(H,61,67,71). The van der Waals surface area contributed by atoms with Crippen molar-refractivity contribution in [2.75, 3.05) is 68.0 Å². The third-order valence-electron chi connectivity index (χ3n) is 12.5. The summed E-state index contributed by atoms with van der Waals surface area (Å²) in [5.41, 5.74) is 3.89. The van der Waals surface area contributed by atoms with Gasteiger partial charge in [0.1, 0.15) is 11.9 Å². The fourth-order valence-corrected chi connectivity index (χ4v) is 9.11. The Kier molecular flexibility index (Phi) is 20.0. The largest absolute Gasteiger partial charge is 0.378 e. The molecule has 3 aromatic carbocycles. The van der Waals surface area contributed by atoms with Gasteiger partial charge in [0.05, 0.1) is 40.2 Å². The molecule has 6 amide bonds. The fraction of sp³-hybridized carbons (Fsp3) is 0.396. The van der Waals surface area contributed by atoms with Gasteiger partial charge >= 0.3 is 0 Å². The van der Waals surface area contributed by atoms with Gasteiger partial charge in [-0.1, -0.05) is 86.0 Å². The summed E-state index contributed by atoms with van der Waals surface area (Å²) < 4.78 is 7.10. The molecule has 2 aromatic heterocycles. The van der Waals surface area contributed by atoms with Crippen molar-refractivity contribution in [1.82, 2.24) is 35.6 Å². The molecule has 5 N–H and O–H groups in total. The molecule has 2 fully saturated rings. The Morgan fingerprint density at radius 1 is 0.708 bits per heavy atom. The highest BCUT2D eigenvalue weighted by molar-refractivity contribution is 6.38. The van der Waals surface area contributed by atoms with E-state index in [9.17, 15) is 28.8 Å². The number of hydrogen-bond acceptors (Lipinski definition) is 11. The number of imide groups is 1. The first-order valence-electron chi connectivity index (χ1n) is 24.8. The Hall–Kier alpha value is -6.82. The Bertz CT molecular complexity index is 2630. The minimum atomic E-state index is -0.529. The van der Waals surface area contributed by atoms with Crippen LogP contribution in [0.5, 0.6) is 0 Å². The van der Waals surface area contributed by atoms with Crippen molar-refractivity contribution in [3.8, 4) is 16.9 Å². The first-order valence-corrected chi connectivity index (χ1v) is 25.5. The number of benzene rings is 3. The molecule has 0 bridgehead atoms. The highest BCUT2D eigenvalue weighted by Gasteiger charge is 2.27. The van der Waals surface area contributed by atoms with Gasteiger partial charge in [-0.3, -0.25) is 39.1 Å². The van der Waals surface area contributed by atoms with Gasteiger partial charge in [-0.2, -0.15) is 5.10 Å². The number of hydrogen-bond donors (Lipinski definition) is 5. The van der Waals surface area contributed by atoms with Crippen LogP contribution in [0, 0.1) is 0 Å². The lowest BCUT2D eigenvalue weighted by Crippen LogP contribution is -2.48. The monoisotopic (exact) mass is 1020 g/mol. The minimum absolute atomic E-state index is 0.0166. The molecule has 0 spiro atoms. The predicted octanol–water partition coefficient (Wildman–Crippen LogP) is 7.82. The number of piperidine rings is 1. The lowest BCUT2D eigenvalue weighted by Gasteiger charge is -2.36. The van der Waals surface area contributed by atoms with E-state index in [4.69, 9.17) is 27.9 Å². The Labute approximate surface area is 429 Å². The number of nitrogens with zero attached hydrogens (tertiary/aromatic N) is 5. The topological polar surface area (TPSA) is 209 Å². The van der Waals surface area contributed by atoms with Crippen LogP contribution in [-0.2, 0) is 23.9 Å². The van der Waals surface area contributed by atoms with Gasteiger partial charge in [-0.25, -0.2) is 4.68 Å². The summed E-state index contributed by atoms with van der Waals surface area (Å²) in [6, 6.07) is 26.5. The molecule has 1 atom stereocenters. The van der Waals surface area contributed by atoms with Crippen molar-refractivity contribution in [2.45, 2.75) is 83.1 Å². The summed E-state index contributed by atoms with van der Waals surface area (Å²) in [5.74, 6) is -1.06. The van der Waals surface area contributed by atoms with E-state index >= 15 is 0 Å². The number of halogens is 2. The molecule has 380 valence electrons. The molecule has 19 heteroatoms. The van der Waals surface area contributed by atoms with E-state index in [-0.39, 0.29) is 58.9 Å². The maximum Gasteiger partial charge on any atom is 0.271 e. The number of unbranched alkanes of at least 4 members (excludes halogenated alkanes) is 7. The Balaban J connectivity index is 0.696. The third-order valence-corrected chi connectivity index (χ3v) is 13.1. The van der Waals surface area contributed by atoms with Crippen LogP contribution in [0.4, 0.5) is 17.2 Å². The van der Waals surface area contributed by atoms with Crippen molar-refractivity contribution in [2.24, 2.45) is 0 Å². The second-order valence-electron chi connectivity index (χ2n) is 17.8. The van der Waals surface area contributed by atoms with Crippen LogP contribution in [0.25, 0.3) is 16.9 Å². The summed E-state index contributed by atoms with van der Waals surface area (Å²) in [6.07, 6.45) is 11.6. The van der Waals surface area contributed by atoms with E-state index in [2.05, 4.69) is 41.6 Å². The van der Waals surface area contributed by atoms with E-state index in [1.807, 2.05) is 53.4 Å². The molecular formula is C53H62Cl2N10O7. The maximum absolute atomic E-state index is 13.6. The van der Waals surface area contributed by atoms with Crippen molar-refractivity contribution < 1.29 is 33.5 Å². The summed E-state index contributed by atoms with van der Waals surface area (Å²) in [4.78, 5) is 84.1. The molecule has 72 heavy (non-hydrogen) atoms. The number of amides is 6. The average molecular weight is 1020 g/mol. The van der Waals surface area contributed by atoms with E-state index in [1.54, 1.807) is 36.5 Å². The second kappa shape index (κ2) is 27.1. The first kappa shape index (κ1) is 53.0. The minimum Gasteiger partial charge on any atom is -0.378 e. The molecule has 2 saturated heterocycles. The van der Waals surface area contributed by atoms with Crippen LogP contribution >= 0.6 is 23.2 Å². The van der Waals surface area contributed by atoms with Crippen LogP contribution in [0.15, 0.2) is 97.2 Å². The predicted molar refractivity (Wildman–Crippen MR) is 279 cm³/mol. The lowest BCUT2D eigenvalue weighted by molar-refractivity contribution is -0.134. The van der Waals surface area contributed by atoms with Gasteiger partial charge in [0.2, 0.25) is 23.6 Å².